The molecule has 1 aliphatic heterocycles. The molecule has 0 radical (unpaired) electrons. The zero-order chi connectivity index (χ0) is 13.0. The summed E-state index contributed by atoms with van der Waals surface area (Å²) in [5, 5.41) is 3.30. The first-order valence-electron chi connectivity index (χ1n) is 6.65. The molecule has 0 aliphatic carbocycles. The maximum absolute atomic E-state index is 12.1. The predicted octanol–water partition coefficient (Wildman–Crippen LogP) is 1.95. The number of carbonyl (C=O) groups is 1. The number of benzene rings is 1. The minimum atomic E-state index is 0.254. The van der Waals surface area contributed by atoms with Gasteiger partial charge < -0.3 is 10.2 Å². The zero-order valence-corrected chi connectivity index (χ0v) is 11.3. The molecule has 2 rings (SSSR count). The van der Waals surface area contributed by atoms with Gasteiger partial charge in [0.1, 0.15) is 0 Å². The van der Waals surface area contributed by atoms with Gasteiger partial charge in [-0.15, -0.1) is 0 Å². The molecule has 1 fully saturated rings. The van der Waals surface area contributed by atoms with E-state index in [-0.39, 0.29) is 5.91 Å². The molecule has 0 spiro atoms. The average molecular weight is 246 g/mol. The van der Waals surface area contributed by atoms with Crippen LogP contribution in [0, 0.1) is 12.8 Å². The van der Waals surface area contributed by atoms with Gasteiger partial charge >= 0.3 is 0 Å². The Morgan fingerprint density at radius 2 is 2.11 bits per heavy atom. The average Bonchev–Trinajstić information content (AvgIpc) is 2.85. The highest BCUT2D eigenvalue weighted by molar-refractivity contribution is 5.76. The number of aryl methyl sites for hydroxylation is 1. The van der Waals surface area contributed by atoms with Crippen LogP contribution in [-0.2, 0) is 11.3 Å². The zero-order valence-electron chi connectivity index (χ0n) is 11.3. The Kier molecular flexibility index (Phi) is 4.37. The van der Waals surface area contributed by atoms with Gasteiger partial charge in [-0.1, -0.05) is 29.8 Å². The number of hydrogen-bond donors (Lipinski definition) is 1. The molecule has 1 aliphatic rings. The van der Waals surface area contributed by atoms with Crippen LogP contribution in [0.1, 0.15) is 24.0 Å². The highest BCUT2D eigenvalue weighted by Crippen LogP contribution is 2.14. The molecule has 1 N–H and O–H groups in total. The summed E-state index contributed by atoms with van der Waals surface area (Å²) in [6.07, 6.45) is 1.81. The van der Waals surface area contributed by atoms with Crippen LogP contribution < -0.4 is 5.32 Å². The summed E-state index contributed by atoms with van der Waals surface area (Å²) in [6.45, 7) is 4.83. The Bertz CT molecular complexity index is 393. The molecule has 98 valence electrons. The van der Waals surface area contributed by atoms with Gasteiger partial charge in [-0.3, -0.25) is 4.79 Å². The van der Waals surface area contributed by atoms with Crippen LogP contribution in [-0.4, -0.2) is 30.9 Å². The van der Waals surface area contributed by atoms with Crippen LogP contribution in [0.2, 0.25) is 0 Å². The summed E-state index contributed by atoms with van der Waals surface area (Å²) in [5.74, 6) is 0.780. The van der Waals surface area contributed by atoms with E-state index in [2.05, 4.69) is 36.5 Å². The van der Waals surface area contributed by atoms with Crippen LogP contribution in [0.3, 0.4) is 0 Å². The SMILES string of the molecule is Cc1ccc(CN(C)C(=O)CC2CCNC2)cc1. The minimum absolute atomic E-state index is 0.254. The minimum Gasteiger partial charge on any atom is -0.341 e. The quantitative estimate of drug-likeness (QED) is 0.880. The van der Waals surface area contributed by atoms with E-state index < -0.39 is 0 Å². The molecule has 0 aromatic heterocycles. The molecular weight excluding hydrogens is 224 g/mol. The van der Waals surface area contributed by atoms with E-state index in [0.717, 1.165) is 19.5 Å². The second-order valence-electron chi connectivity index (χ2n) is 5.30. The van der Waals surface area contributed by atoms with Crippen molar-refractivity contribution in [2.45, 2.75) is 26.3 Å². The van der Waals surface area contributed by atoms with Crippen molar-refractivity contribution in [3.05, 3.63) is 35.4 Å². The monoisotopic (exact) mass is 246 g/mol. The molecule has 3 nitrogen and oxygen atoms in total. The summed E-state index contributed by atoms with van der Waals surface area (Å²) in [6, 6.07) is 8.37. The van der Waals surface area contributed by atoms with Crippen LogP contribution >= 0.6 is 0 Å². The van der Waals surface area contributed by atoms with E-state index in [1.54, 1.807) is 0 Å². The van der Waals surface area contributed by atoms with Gasteiger partial charge in [0, 0.05) is 20.0 Å². The van der Waals surface area contributed by atoms with Crippen molar-refractivity contribution in [1.29, 1.82) is 0 Å². The number of nitrogens with zero attached hydrogens (tertiary/aromatic N) is 1. The molecule has 3 heteroatoms. The molecule has 1 heterocycles. The standard InChI is InChI=1S/C15H22N2O/c1-12-3-5-13(6-4-12)11-17(2)15(18)9-14-7-8-16-10-14/h3-6,14,16H,7-11H2,1-2H3. The number of amides is 1. The second-order valence-corrected chi connectivity index (χ2v) is 5.30. The van der Waals surface area contributed by atoms with Crippen molar-refractivity contribution in [2.24, 2.45) is 5.92 Å². The maximum atomic E-state index is 12.1. The lowest BCUT2D eigenvalue weighted by Gasteiger charge is -2.19. The fourth-order valence-corrected chi connectivity index (χ4v) is 2.35. The van der Waals surface area contributed by atoms with E-state index in [4.69, 9.17) is 0 Å². The summed E-state index contributed by atoms with van der Waals surface area (Å²) < 4.78 is 0. The van der Waals surface area contributed by atoms with Crippen LogP contribution in [0.15, 0.2) is 24.3 Å². The lowest BCUT2D eigenvalue weighted by atomic mass is 10.0. The number of rotatable bonds is 4. The molecular formula is C15H22N2O. The van der Waals surface area contributed by atoms with Gasteiger partial charge in [0.25, 0.3) is 0 Å². The third kappa shape index (κ3) is 3.57. The Balaban J connectivity index is 1.84. The summed E-state index contributed by atoms with van der Waals surface area (Å²) >= 11 is 0. The van der Waals surface area contributed by atoms with Crippen molar-refractivity contribution in [3.8, 4) is 0 Å². The first-order valence-corrected chi connectivity index (χ1v) is 6.65. The lowest BCUT2D eigenvalue weighted by Crippen LogP contribution is -2.28. The Hall–Kier alpha value is -1.35. The van der Waals surface area contributed by atoms with Crippen molar-refractivity contribution >= 4 is 5.91 Å². The van der Waals surface area contributed by atoms with Gasteiger partial charge in [-0.2, -0.15) is 0 Å². The normalized spacial score (nSPS) is 18.9. The maximum Gasteiger partial charge on any atom is 0.222 e. The highest BCUT2D eigenvalue weighted by atomic mass is 16.2. The van der Waals surface area contributed by atoms with Crippen molar-refractivity contribution in [2.75, 3.05) is 20.1 Å². The number of carbonyl (C=O) groups excluding carboxylic acids is 1. The van der Waals surface area contributed by atoms with Crippen LogP contribution in [0.4, 0.5) is 0 Å². The van der Waals surface area contributed by atoms with Crippen molar-refractivity contribution in [3.63, 3.8) is 0 Å². The first-order chi connectivity index (χ1) is 8.65. The van der Waals surface area contributed by atoms with Gasteiger partial charge in [0.05, 0.1) is 0 Å². The van der Waals surface area contributed by atoms with Crippen molar-refractivity contribution in [1.82, 2.24) is 10.2 Å². The third-order valence-electron chi connectivity index (χ3n) is 3.59. The van der Waals surface area contributed by atoms with Crippen LogP contribution in [0.5, 0.6) is 0 Å². The van der Waals surface area contributed by atoms with Crippen molar-refractivity contribution < 1.29 is 4.79 Å². The van der Waals surface area contributed by atoms with E-state index >= 15 is 0 Å². The lowest BCUT2D eigenvalue weighted by molar-refractivity contribution is -0.131. The van der Waals surface area contributed by atoms with Crippen LogP contribution in [0.25, 0.3) is 0 Å². The molecule has 0 bridgehead atoms. The van der Waals surface area contributed by atoms with Gasteiger partial charge in [-0.05, 0) is 37.9 Å². The summed E-state index contributed by atoms with van der Waals surface area (Å²) in [4.78, 5) is 13.9. The molecule has 1 atom stereocenters. The molecule has 18 heavy (non-hydrogen) atoms. The smallest absolute Gasteiger partial charge is 0.222 e. The Morgan fingerprint density at radius 1 is 1.39 bits per heavy atom. The molecule has 1 unspecified atom stereocenters. The molecule has 1 aromatic rings. The van der Waals surface area contributed by atoms with E-state index in [1.165, 1.54) is 11.1 Å². The van der Waals surface area contributed by atoms with E-state index in [1.807, 2.05) is 11.9 Å². The fourth-order valence-electron chi connectivity index (χ4n) is 2.35. The predicted molar refractivity (Wildman–Crippen MR) is 73.2 cm³/mol. The first kappa shape index (κ1) is 13.1. The molecule has 1 amide bonds. The fraction of sp³-hybridized carbons (Fsp3) is 0.533. The van der Waals surface area contributed by atoms with E-state index in [9.17, 15) is 4.79 Å². The van der Waals surface area contributed by atoms with Gasteiger partial charge in [-0.25, -0.2) is 0 Å². The molecule has 1 saturated heterocycles. The largest absolute Gasteiger partial charge is 0.341 e. The Morgan fingerprint density at radius 3 is 2.72 bits per heavy atom. The molecule has 0 saturated carbocycles. The Labute approximate surface area is 109 Å². The van der Waals surface area contributed by atoms with E-state index in [0.29, 0.717) is 18.9 Å². The summed E-state index contributed by atoms with van der Waals surface area (Å²) in [7, 11) is 1.89. The second kappa shape index (κ2) is 6.01. The third-order valence-corrected chi connectivity index (χ3v) is 3.59. The molecule has 1 aromatic carbocycles. The number of nitrogens with one attached hydrogen (secondary N) is 1. The topological polar surface area (TPSA) is 32.3 Å². The summed E-state index contributed by atoms with van der Waals surface area (Å²) in [5.41, 5.74) is 2.45. The van der Waals surface area contributed by atoms with Gasteiger partial charge in [0.2, 0.25) is 5.91 Å². The number of hydrogen-bond acceptors (Lipinski definition) is 2. The highest BCUT2D eigenvalue weighted by Gasteiger charge is 2.20. The van der Waals surface area contributed by atoms with Gasteiger partial charge in [0.15, 0.2) is 0 Å².